The molecule has 0 unspecified atom stereocenters. The summed E-state index contributed by atoms with van der Waals surface area (Å²) in [5.74, 6) is 1.78. The van der Waals surface area contributed by atoms with Crippen LogP contribution in [0.5, 0.6) is 0 Å². The topological polar surface area (TPSA) is 58.1 Å². The quantitative estimate of drug-likeness (QED) is 0.338. The molecule has 0 aromatic rings. The lowest BCUT2D eigenvalue weighted by Crippen LogP contribution is -2.40. The molecule has 1 aliphatic heterocycles. The van der Waals surface area contributed by atoms with Gasteiger partial charge in [-0.05, 0) is 45.1 Å². The maximum atomic E-state index is 5.64. The van der Waals surface area contributed by atoms with Crippen LogP contribution >= 0.6 is 0 Å². The summed E-state index contributed by atoms with van der Waals surface area (Å²) in [6, 6.07) is 0. The number of rotatable bonds is 11. The summed E-state index contributed by atoms with van der Waals surface area (Å²) in [5, 5.41) is 6.72. The predicted octanol–water partition coefficient (Wildman–Crippen LogP) is 1.08. The molecule has 2 N–H and O–H groups in total. The minimum Gasteiger partial charge on any atom is -0.381 e. The number of hydrogen-bond acceptors (Lipinski definition) is 4. The Bertz CT molecular complexity index is 329. The molecule has 2 aliphatic rings. The van der Waals surface area contributed by atoms with Crippen LogP contribution in [0.2, 0.25) is 0 Å². The molecule has 6 heteroatoms. The van der Waals surface area contributed by atoms with Gasteiger partial charge in [0.15, 0.2) is 5.96 Å². The van der Waals surface area contributed by atoms with Crippen molar-refractivity contribution in [2.45, 2.75) is 32.6 Å². The van der Waals surface area contributed by atoms with Gasteiger partial charge in [-0.25, -0.2) is 0 Å². The van der Waals surface area contributed by atoms with Crippen LogP contribution in [0.1, 0.15) is 32.6 Å². The molecule has 1 aliphatic carbocycles. The van der Waals surface area contributed by atoms with Crippen LogP contribution in [0.25, 0.3) is 0 Å². The number of hydrogen-bond donors (Lipinski definition) is 2. The lowest BCUT2D eigenvalue weighted by molar-refractivity contribution is 0.0376. The maximum Gasteiger partial charge on any atom is 0.191 e. The van der Waals surface area contributed by atoms with E-state index in [1.165, 1.54) is 12.8 Å². The summed E-state index contributed by atoms with van der Waals surface area (Å²) in [6.45, 7) is 11.6. The van der Waals surface area contributed by atoms with Gasteiger partial charge in [-0.2, -0.15) is 0 Å². The first-order valence-electron chi connectivity index (χ1n) is 9.28. The van der Waals surface area contributed by atoms with E-state index in [1.807, 2.05) is 0 Å². The second kappa shape index (κ2) is 11.6. The van der Waals surface area contributed by atoms with Crippen LogP contribution in [-0.2, 0) is 9.47 Å². The lowest BCUT2D eigenvalue weighted by atomic mass is 10.3. The molecule has 0 atom stereocenters. The fraction of sp³-hybridized carbons (Fsp3) is 0.941. The third kappa shape index (κ3) is 9.13. The lowest BCUT2D eigenvalue weighted by Gasteiger charge is -2.26. The predicted molar refractivity (Wildman–Crippen MR) is 94.0 cm³/mol. The summed E-state index contributed by atoms with van der Waals surface area (Å²) in [7, 11) is 0. The first-order valence-corrected chi connectivity index (χ1v) is 9.28. The van der Waals surface area contributed by atoms with Gasteiger partial charge >= 0.3 is 0 Å². The van der Waals surface area contributed by atoms with Crippen LogP contribution in [0.15, 0.2) is 4.99 Å². The Kier molecular flexibility index (Phi) is 9.36. The van der Waals surface area contributed by atoms with Gasteiger partial charge in [-0.3, -0.25) is 9.89 Å². The van der Waals surface area contributed by atoms with Crippen molar-refractivity contribution in [2.24, 2.45) is 10.9 Å². The highest BCUT2D eigenvalue weighted by Crippen LogP contribution is 2.28. The molecule has 0 bridgehead atoms. The fourth-order valence-corrected chi connectivity index (χ4v) is 2.57. The number of nitrogens with one attached hydrogen (secondary N) is 2. The highest BCUT2D eigenvalue weighted by atomic mass is 16.5. The molecular weight excluding hydrogens is 292 g/mol. The molecule has 2 fully saturated rings. The molecule has 23 heavy (non-hydrogen) atoms. The smallest absolute Gasteiger partial charge is 0.191 e. The van der Waals surface area contributed by atoms with Crippen LogP contribution in [0, 0.1) is 5.92 Å². The average molecular weight is 326 g/mol. The van der Waals surface area contributed by atoms with Crippen molar-refractivity contribution < 1.29 is 9.47 Å². The molecular formula is C17H34N4O2. The van der Waals surface area contributed by atoms with Gasteiger partial charge in [-0.15, -0.1) is 0 Å². The first kappa shape index (κ1) is 18.5. The van der Waals surface area contributed by atoms with Gasteiger partial charge in [0.2, 0.25) is 0 Å². The van der Waals surface area contributed by atoms with Crippen molar-refractivity contribution in [3.8, 4) is 0 Å². The normalized spacial score (nSPS) is 19.8. The minimum absolute atomic E-state index is 0.823. The van der Waals surface area contributed by atoms with Crippen LogP contribution in [0.4, 0.5) is 0 Å². The molecule has 0 aromatic heterocycles. The highest BCUT2D eigenvalue weighted by molar-refractivity contribution is 5.79. The van der Waals surface area contributed by atoms with Crippen molar-refractivity contribution in [3.63, 3.8) is 0 Å². The van der Waals surface area contributed by atoms with E-state index in [9.17, 15) is 0 Å². The third-order valence-electron chi connectivity index (χ3n) is 4.16. The molecule has 0 amide bonds. The largest absolute Gasteiger partial charge is 0.381 e. The molecule has 2 rings (SSSR count). The Morgan fingerprint density at radius 2 is 2.04 bits per heavy atom. The van der Waals surface area contributed by atoms with Gasteiger partial charge in [0.25, 0.3) is 0 Å². The van der Waals surface area contributed by atoms with Gasteiger partial charge < -0.3 is 20.1 Å². The van der Waals surface area contributed by atoms with Gasteiger partial charge in [0.1, 0.15) is 0 Å². The van der Waals surface area contributed by atoms with E-state index in [4.69, 9.17) is 9.47 Å². The van der Waals surface area contributed by atoms with E-state index in [0.29, 0.717) is 0 Å². The molecule has 0 radical (unpaired) electrons. The van der Waals surface area contributed by atoms with E-state index in [-0.39, 0.29) is 0 Å². The van der Waals surface area contributed by atoms with Crippen LogP contribution in [0.3, 0.4) is 0 Å². The van der Waals surface area contributed by atoms with Crippen LogP contribution < -0.4 is 10.6 Å². The molecule has 0 aromatic carbocycles. The maximum absolute atomic E-state index is 5.64. The number of aliphatic imine (C=N–C) groups is 1. The Hall–Kier alpha value is -0.850. The summed E-state index contributed by atoms with van der Waals surface area (Å²) in [4.78, 5) is 7.08. The number of ether oxygens (including phenoxy) is 2. The Morgan fingerprint density at radius 1 is 1.22 bits per heavy atom. The standard InChI is InChI=1S/C17H34N4O2/c1-2-18-17(20-8-4-12-23-15-16-5-6-16)19-7-3-9-21-10-13-22-14-11-21/h16H,2-15H2,1H3,(H2,18,19,20). The van der Waals surface area contributed by atoms with Crippen molar-refractivity contribution in [1.29, 1.82) is 0 Å². The molecule has 1 saturated heterocycles. The zero-order valence-electron chi connectivity index (χ0n) is 14.7. The van der Waals surface area contributed by atoms with E-state index >= 15 is 0 Å². The van der Waals surface area contributed by atoms with Crippen molar-refractivity contribution in [1.82, 2.24) is 15.5 Å². The summed E-state index contributed by atoms with van der Waals surface area (Å²) in [6.07, 6.45) is 4.85. The SMILES string of the molecule is CCNC(=NCCCOCC1CC1)NCCCN1CCOCC1. The van der Waals surface area contributed by atoms with Crippen molar-refractivity contribution >= 4 is 5.96 Å². The molecule has 0 spiro atoms. The minimum atomic E-state index is 0.823. The van der Waals surface area contributed by atoms with Gasteiger partial charge in [-0.1, -0.05) is 0 Å². The average Bonchev–Trinajstić information content (AvgIpc) is 3.40. The second-order valence-electron chi connectivity index (χ2n) is 6.37. The second-order valence-corrected chi connectivity index (χ2v) is 6.37. The first-order chi connectivity index (χ1) is 11.4. The molecule has 1 saturated carbocycles. The zero-order chi connectivity index (χ0) is 16.2. The van der Waals surface area contributed by atoms with Gasteiger partial charge in [0.05, 0.1) is 13.2 Å². The number of guanidine groups is 1. The molecule has 1 heterocycles. The zero-order valence-corrected chi connectivity index (χ0v) is 14.7. The highest BCUT2D eigenvalue weighted by Gasteiger charge is 2.20. The van der Waals surface area contributed by atoms with E-state index in [2.05, 4.69) is 27.4 Å². The van der Waals surface area contributed by atoms with E-state index < -0.39 is 0 Å². The number of morpholine rings is 1. The third-order valence-corrected chi connectivity index (χ3v) is 4.16. The monoisotopic (exact) mass is 326 g/mol. The number of nitrogens with zero attached hydrogens (tertiary/aromatic N) is 2. The molecule has 134 valence electrons. The summed E-state index contributed by atoms with van der Waals surface area (Å²) in [5.41, 5.74) is 0. The van der Waals surface area contributed by atoms with Crippen LogP contribution in [-0.4, -0.2) is 76.6 Å². The van der Waals surface area contributed by atoms with Crippen molar-refractivity contribution in [3.05, 3.63) is 0 Å². The Balaban J connectivity index is 1.49. The molecule has 6 nitrogen and oxygen atoms in total. The van der Waals surface area contributed by atoms with E-state index in [1.54, 1.807) is 0 Å². The van der Waals surface area contributed by atoms with Gasteiger partial charge in [0, 0.05) is 45.9 Å². The summed E-state index contributed by atoms with van der Waals surface area (Å²) < 4.78 is 11.0. The summed E-state index contributed by atoms with van der Waals surface area (Å²) >= 11 is 0. The Morgan fingerprint density at radius 3 is 2.78 bits per heavy atom. The fourth-order valence-electron chi connectivity index (χ4n) is 2.57. The Labute approximate surface area is 141 Å². The van der Waals surface area contributed by atoms with Crippen molar-refractivity contribution in [2.75, 3.05) is 65.7 Å². The van der Waals surface area contributed by atoms with E-state index in [0.717, 1.165) is 90.4 Å².